The van der Waals surface area contributed by atoms with Gasteiger partial charge in [0.15, 0.2) is 0 Å². The lowest BCUT2D eigenvalue weighted by Gasteiger charge is -2.06. The third kappa shape index (κ3) is 1.30. The van der Waals surface area contributed by atoms with Crippen LogP contribution in [0.3, 0.4) is 0 Å². The van der Waals surface area contributed by atoms with Gasteiger partial charge in [-0.1, -0.05) is 30.3 Å². The zero-order valence-electron chi connectivity index (χ0n) is 11.6. The molecule has 1 aliphatic rings. The third-order valence-corrected chi connectivity index (χ3v) is 4.41. The molecular formula is C18H17N. The molecule has 1 heterocycles. The molecule has 0 unspecified atom stereocenters. The Kier molecular flexibility index (Phi) is 2.00. The van der Waals surface area contributed by atoms with Crippen molar-refractivity contribution in [3.8, 4) is 11.1 Å². The average molecular weight is 247 g/mol. The first kappa shape index (κ1) is 10.9. The molecule has 0 saturated carbocycles. The molecule has 0 fully saturated rings. The fraction of sp³-hybridized carbons (Fsp3) is 0.222. The van der Waals surface area contributed by atoms with Gasteiger partial charge in [0.05, 0.1) is 0 Å². The highest BCUT2D eigenvalue weighted by atomic mass is 15.0. The number of benzene rings is 2. The van der Waals surface area contributed by atoms with Gasteiger partial charge in [0.1, 0.15) is 0 Å². The van der Waals surface area contributed by atoms with E-state index in [2.05, 4.69) is 61.9 Å². The normalized spacial score (nSPS) is 12.8. The maximum Gasteiger partial charge on any atom is 0.0491 e. The van der Waals surface area contributed by atoms with E-state index in [1.165, 1.54) is 44.4 Å². The van der Waals surface area contributed by atoms with E-state index in [1.807, 2.05) is 0 Å². The maximum absolute atomic E-state index is 2.38. The number of aryl methyl sites for hydroxylation is 3. The van der Waals surface area contributed by atoms with Gasteiger partial charge in [-0.3, -0.25) is 0 Å². The van der Waals surface area contributed by atoms with E-state index in [-0.39, 0.29) is 0 Å². The van der Waals surface area contributed by atoms with Gasteiger partial charge in [-0.15, -0.1) is 0 Å². The predicted molar refractivity (Wildman–Crippen MR) is 80.6 cm³/mol. The Morgan fingerprint density at radius 1 is 1.05 bits per heavy atom. The lowest BCUT2D eigenvalue weighted by atomic mass is 10.00. The Labute approximate surface area is 113 Å². The van der Waals surface area contributed by atoms with Crippen LogP contribution in [0, 0.1) is 13.8 Å². The van der Waals surface area contributed by atoms with Crippen molar-refractivity contribution >= 4 is 10.9 Å². The minimum Gasteiger partial charge on any atom is -0.347 e. The minimum absolute atomic E-state index is 1.06. The van der Waals surface area contributed by atoms with Crippen LogP contribution in [-0.2, 0) is 13.5 Å². The molecule has 1 heteroatoms. The molecule has 0 atom stereocenters. The third-order valence-electron chi connectivity index (χ3n) is 4.41. The Morgan fingerprint density at radius 3 is 2.68 bits per heavy atom. The molecule has 19 heavy (non-hydrogen) atoms. The van der Waals surface area contributed by atoms with Gasteiger partial charge in [-0.25, -0.2) is 0 Å². The summed E-state index contributed by atoms with van der Waals surface area (Å²) in [6.07, 6.45) is 1.06. The van der Waals surface area contributed by atoms with Crippen molar-refractivity contribution in [1.29, 1.82) is 0 Å². The quantitative estimate of drug-likeness (QED) is 0.435. The molecule has 0 N–H and O–H groups in total. The number of hydrogen-bond donors (Lipinski definition) is 0. The monoisotopic (exact) mass is 247 g/mol. The molecule has 0 bridgehead atoms. The zero-order chi connectivity index (χ0) is 13.1. The van der Waals surface area contributed by atoms with Crippen LogP contribution < -0.4 is 0 Å². The van der Waals surface area contributed by atoms with Gasteiger partial charge in [0.2, 0.25) is 0 Å². The molecule has 1 aliphatic carbocycles. The number of hydrogen-bond acceptors (Lipinski definition) is 0. The second-order valence-corrected chi connectivity index (χ2v) is 5.69. The van der Waals surface area contributed by atoms with E-state index >= 15 is 0 Å². The highest BCUT2D eigenvalue weighted by molar-refractivity contribution is 6.03. The van der Waals surface area contributed by atoms with Crippen LogP contribution in [0.15, 0.2) is 36.4 Å². The highest BCUT2D eigenvalue weighted by Gasteiger charge is 2.25. The van der Waals surface area contributed by atoms with Crippen LogP contribution in [-0.4, -0.2) is 4.57 Å². The molecule has 94 valence electrons. The predicted octanol–water partition coefficient (Wildman–Crippen LogP) is 4.37. The van der Waals surface area contributed by atoms with Crippen LogP contribution >= 0.6 is 0 Å². The van der Waals surface area contributed by atoms with E-state index in [0.29, 0.717) is 0 Å². The largest absolute Gasteiger partial charge is 0.347 e. The van der Waals surface area contributed by atoms with E-state index in [9.17, 15) is 0 Å². The number of rotatable bonds is 0. The Balaban J connectivity index is 2.20. The number of nitrogens with zero attached hydrogens (tertiary/aromatic N) is 1. The van der Waals surface area contributed by atoms with Gasteiger partial charge < -0.3 is 4.57 Å². The van der Waals surface area contributed by atoms with Gasteiger partial charge in [0, 0.05) is 35.6 Å². The summed E-state index contributed by atoms with van der Waals surface area (Å²) in [4.78, 5) is 0. The first-order chi connectivity index (χ1) is 9.16. The summed E-state index contributed by atoms with van der Waals surface area (Å²) in [6.45, 7) is 4.41. The molecule has 4 rings (SSSR count). The summed E-state index contributed by atoms with van der Waals surface area (Å²) < 4.78 is 2.38. The summed E-state index contributed by atoms with van der Waals surface area (Å²) in [5.41, 5.74) is 9.92. The Hall–Kier alpha value is -2.02. The van der Waals surface area contributed by atoms with Crippen molar-refractivity contribution in [2.75, 3.05) is 0 Å². The smallest absolute Gasteiger partial charge is 0.0491 e. The van der Waals surface area contributed by atoms with Crippen molar-refractivity contribution in [3.63, 3.8) is 0 Å². The fourth-order valence-electron chi connectivity index (χ4n) is 3.59. The van der Waals surface area contributed by atoms with Crippen LogP contribution in [0.25, 0.3) is 22.0 Å². The van der Waals surface area contributed by atoms with E-state index < -0.39 is 0 Å². The zero-order valence-corrected chi connectivity index (χ0v) is 11.6. The lowest BCUT2D eigenvalue weighted by Crippen LogP contribution is -1.94. The summed E-state index contributed by atoms with van der Waals surface area (Å²) in [6, 6.07) is 13.4. The highest BCUT2D eigenvalue weighted by Crippen LogP contribution is 2.44. The number of aromatic nitrogens is 1. The van der Waals surface area contributed by atoms with E-state index in [1.54, 1.807) is 0 Å². The molecule has 1 nitrogen and oxygen atoms in total. The molecule has 1 aromatic heterocycles. The standard InChI is InChI=1S/C18H17N/c1-11-8-12(2)17-15(9-11)19(3)16-10-13-6-4-5-7-14(13)18(16)17/h4-9H,10H2,1-3H3. The Morgan fingerprint density at radius 2 is 1.84 bits per heavy atom. The number of fused-ring (bicyclic) bond motifs is 5. The summed E-state index contributed by atoms with van der Waals surface area (Å²) in [5, 5.41) is 1.44. The summed E-state index contributed by atoms with van der Waals surface area (Å²) in [7, 11) is 2.20. The lowest BCUT2D eigenvalue weighted by molar-refractivity contribution is 0.893. The first-order valence-corrected chi connectivity index (χ1v) is 6.83. The van der Waals surface area contributed by atoms with Crippen LogP contribution in [0.2, 0.25) is 0 Å². The molecular weight excluding hydrogens is 230 g/mol. The van der Waals surface area contributed by atoms with Gasteiger partial charge in [-0.2, -0.15) is 0 Å². The first-order valence-electron chi connectivity index (χ1n) is 6.83. The molecule has 0 aliphatic heterocycles. The molecule has 2 aromatic carbocycles. The van der Waals surface area contributed by atoms with Crippen LogP contribution in [0.4, 0.5) is 0 Å². The second kappa shape index (κ2) is 3.51. The average Bonchev–Trinajstić information content (AvgIpc) is 2.87. The van der Waals surface area contributed by atoms with Gasteiger partial charge in [-0.05, 0) is 42.2 Å². The van der Waals surface area contributed by atoms with Crippen molar-refractivity contribution in [2.45, 2.75) is 20.3 Å². The molecule has 0 saturated heterocycles. The SMILES string of the molecule is Cc1cc(C)c2c3c(n(C)c2c1)Cc1ccccc1-3. The molecule has 0 amide bonds. The minimum atomic E-state index is 1.06. The molecule has 3 aromatic rings. The Bertz CT molecular complexity index is 821. The topological polar surface area (TPSA) is 4.93 Å². The van der Waals surface area contributed by atoms with Gasteiger partial charge in [0.25, 0.3) is 0 Å². The van der Waals surface area contributed by atoms with E-state index in [4.69, 9.17) is 0 Å². The summed E-state index contributed by atoms with van der Waals surface area (Å²) in [5.74, 6) is 0. The maximum atomic E-state index is 2.38. The van der Waals surface area contributed by atoms with E-state index in [0.717, 1.165) is 6.42 Å². The van der Waals surface area contributed by atoms with Crippen LogP contribution in [0.5, 0.6) is 0 Å². The van der Waals surface area contributed by atoms with Crippen molar-refractivity contribution in [1.82, 2.24) is 4.57 Å². The van der Waals surface area contributed by atoms with Crippen LogP contribution in [0.1, 0.15) is 22.4 Å². The summed E-state index contributed by atoms with van der Waals surface area (Å²) >= 11 is 0. The second-order valence-electron chi connectivity index (χ2n) is 5.69. The fourth-order valence-corrected chi connectivity index (χ4v) is 3.59. The van der Waals surface area contributed by atoms with Crippen molar-refractivity contribution < 1.29 is 0 Å². The molecule has 0 radical (unpaired) electrons. The molecule has 0 spiro atoms. The van der Waals surface area contributed by atoms with Gasteiger partial charge >= 0.3 is 0 Å². The van der Waals surface area contributed by atoms with Crippen molar-refractivity contribution in [2.24, 2.45) is 7.05 Å². The van der Waals surface area contributed by atoms with Crippen molar-refractivity contribution in [3.05, 3.63) is 58.8 Å².